The van der Waals surface area contributed by atoms with E-state index in [1.54, 1.807) is 0 Å². The van der Waals surface area contributed by atoms with Crippen molar-refractivity contribution in [1.29, 1.82) is 0 Å². The minimum absolute atomic E-state index is 0.0843. The molecule has 7 heteroatoms. The number of carbonyl (C=O) groups is 1. The molecule has 0 amide bonds. The normalized spacial score (nSPS) is 13.9. The van der Waals surface area contributed by atoms with E-state index < -0.39 is 31.7 Å². The minimum atomic E-state index is -5.05. The van der Waals surface area contributed by atoms with E-state index in [0.29, 0.717) is 0 Å². The maximum absolute atomic E-state index is 12.1. The molecule has 0 aliphatic rings. The summed E-state index contributed by atoms with van der Waals surface area (Å²) in [5, 5.41) is 0. The quantitative estimate of drug-likeness (QED) is 0.531. The lowest BCUT2D eigenvalue weighted by molar-refractivity contribution is -0.143. The second-order valence-electron chi connectivity index (χ2n) is 2.63. The molecule has 2 N–H and O–H groups in total. The summed E-state index contributed by atoms with van der Waals surface area (Å²) in [7, 11) is 0. The third-order valence-electron chi connectivity index (χ3n) is 1.57. The van der Waals surface area contributed by atoms with E-state index in [9.17, 15) is 17.7 Å². The van der Waals surface area contributed by atoms with E-state index in [-0.39, 0.29) is 6.61 Å². The van der Waals surface area contributed by atoms with Gasteiger partial charge in [0.05, 0.1) is 6.61 Å². The van der Waals surface area contributed by atoms with E-state index >= 15 is 0 Å². The van der Waals surface area contributed by atoms with Gasteiger partial charge in [0.2, 0.25) is 0 Å². The van der Waals surface area contributed by atoms with Crippen LogP contribution in [0.25, 0.3) is 0 Å². The van der Waals surface area contributed by atoms with Crippen LogP contribution in [-0.2, 0) is 9.53 Å². The number of rotatable bonds is 5. The van der Waals surface area contributed by atoms with E-state index in [4.69, 9.17) is 5.73 Å². The average molecular weight is 198 g/mol. The number of ether oxygens (including phenoxy) is 1. The molecule has 0 bridgehead atoms. The van der Waals surface area contributed by atoms with Gasteiger partial charge in [0.1, 0.15) is 0 Å². The van der Waals surface area contributed by atoms with Crippen LogP contribution >= 0.6 is 0 Å². The Morgan fingerprint density at radius 1 is 1.54 bits per heavy atom. The van der Waals surface area contributed by atoms with Gasteiger partial charge in [-0.05, 0) is 13.5 Å². The first-order valence-electron chi connectivity index (χ1n) is 3.97. The zero-order valence-corrected chi connectivity index (χ0v) is 7.30. The standard InChI is InChI=1S/C6H12BF3NO2/c1-2-13-6(12)3-5(4-11)7(8,9)10/h5H,2-4,11H2,1H3/q-1. The molecule has 0 heterocycles. The fourth-order valence-corrected chi connectivity index (χ4v) is 0.805. The maximum Gasteiger partial charge on any atom is 0.483 e. The number of esters is 1. The predicted molar refractivity (Wildman–Crippen MR) is 43.1 cm³/mol. The molecule has 0 aliphatic heterocycles. The SMILES string of the molecule is CCOC(=O)CC(CN)[B-](F)(F)F. The Labute approximate surface area is 74.5 Å². The number of halogens is 3. The summed E-state index contributed by atoms with van der Waals surface area (Å²) >= 11 is 0. The first kappa shape index (κ1) is 12.3. The van der Waals surface area contributed by atoms with Crippen LogP contribution in [0.4, 0.5) is 12.9 Å². The van der Waals surface area contributed by atoms with E-state index in [2.05, 4.69) is 4.74 Å². The molecule has 1 atom stereocenters. The lowest BCUT2D eigenvalue weighted by atomic mass is 9.71. The smallest absolute Gasteiger partial charge is 0.466 e. The lowest BCUT2D eigenvalue weighted by Gasteiger charge is -2.23. The van der Waals surface area contributed by atoms with Crippen LogP contribution in [0.5, 0.6) is 0 Å². The van der Waals surface area contributed by atoms with Gasteiger partial charge in [0.25, 0.3) is 0 Å². The summed E-state index contributed by atoms with van der Waals surface area (Å²) in [5.41, 5.74) is 4.89. The fourth-order valence-electron chi connectivity index (χ4n) is 0.805. The summed E-state index contributed by atoms with van der Waals surface area (Å²) in [6.45, 7) is -3.99. The van der Waals surface area contributed by atoms with Crippen LogP contribution in [0.1, 0.15) is 13.3 Å². The molecule has 0 rings (SSSR count). The third-order valence-corrected chi connectivity index (χ3v) is 1.57. The van der Waals surface area contributed by atoms with Gasteiger partial charge < -0.3 is 23.4 Å². The van der Waals surface area contributed by atoms with E-state index in [1.807, 2.05) is 0 Å². The lowest BCUT2D eigenvalue weighted by Crippen LogP contribution is -2.32. The van der Waals surface area contributed by atoms with Crippen molar-refractivity contribution in [3.8, 4) is 0 Å². The molecular formula is C6H12BF3NO2-. The van der Waals surface area contributed by atoms with Crippen molar-refractivity contribution in [2.45, 2.75) is 19.2 Å². The van der Waals surface area contributed by atoms with Crippen LogP contribution in [0.2, 0.25) is 5.82 Å². The second-order valence-corrected chi connectivity index (χ2v) is 2.63. The van der Waals surface area contributed by atoms with Gasteiger partial charge in [0.15, 0.2) is 0 Å². The summed E-state index contributed by atoms with van der Waals surface area (Å²) in [4.78, 5) is 10.7. The van der Waals surface area contributed by atoms with Crippen LogP contribution in [0.3, 0.4) is 0 Å². The Kier molecular flexibility index (Phi) is 4.83. The van der Waals surface area contributed by atoms with Crippen molar-refractivity contribution in [2.24, 2.45) is 5.73 Å². The van der Waals surface area contributed by atoms with Crippen molar-refractivity contribution < 1.29 is 22.5 Å². The van der Waals surface area contributed by atoms with Crippen molar-refractivity contribution in [2.75, 3.05) is 13.2 Å². The molecule has 0 aromatic rings. The zero-order valence-electron chi connectivity index (χ0n) is 7.30. The molecule has 3 nitrogen and oxygen atoms in total. The first-order valence-corrected chi connectivity index (χ1v) is 3.97. The molecule has 1 unspecified atom stereocenters. The highest BCUT2D eigenvalue weighted by atomic mass is 19.4. The Morgan fingerprint density at radius 3 is 2.38 bits per heavy atom. The molecule has 0 fully saturated rings. The number of hydrogen-bond acceptors (Lipinski definition) is 3. The van der Waals surface area contributed by atoms with Gasteiger partial charge in [-0.15, -0.1) is 0 Å². The minimum Gasteiger partial charge on any atom is -0.466 e. The molecule has 0 spiro atoms. The number of carbonyl (C=O) groups excluding carboxylic acids is 1. The van der Waals surface area contributed by atoms with Crippen molar-refractivity contribution in [1.82, 2.24) is 0 Å². The topological polar surface area (TPSA) is 52.3 Å². The Bertz CT molecular complexity index is 174. The molecule has 0 saturated heterocycles. The highest BCUT2D eigenvalue weighted by molar-refractivity contribution is 6.60. The molecule has 0 aliphatic carbocycles. The first-order chi connectivity index (χ1) is 5.91. The van der Waals surface area contributed by atoms with Gasteiger partial charge in [-0.3, -0.25) is 4.79 Å². The zero-order chi connectivity index (χ0) is 10.5. The largest absolute Gasteiger partial charge is 0.483 e. The Balaban J connectivity index is 4.06. The molecule has 78 valence electrons. The summed E-state index contributed by atoms with van der Waals surface area (Å²) in [6.07, 6.45) is -0.673. The number of nitrogens with two attached hydrogens (primary N) is 1. The fraction of sp³-hybridized carbons (Fsp3) is 0.833. The van der Waals surface area contributed by atoms with Crippen LogP contribution in [0.15, 0.2) is 0 Å². The van der Waals surface area contributed by atoms with Crippen molar-refractivity contribution in [3.05, 3.63) is 0 Å². The van der Waals surface area contributed by atoms with Gasteiger partial charge in [-0.1, -0.05) is 5.82 Å². The molecule has 13 heavy (non-hydrogen) atoms. The van der Waals surface area contributed by atoms with E-state index in [0.717, 1.165) is 0 Å². The van der Waals surface area contributed by atoms with Gasteiger partial charge in [0, 0.05) is 6.42 Å². The Morgan fingerprint density at radius 2 is 2.08 bits per heavy atom. The molecule has 0 aromatic carbocycles. The Hall–Kier alpha value is -0.715. The molecular weight excluding hydrogens is 186 g/mol. The number of hydrogen-bond donors (Lipinski definition) is 1. The molecule has 0 aromatic heterocycles. The summed E-state index contributed by atoms with van der Waals surface area (Å²) < 4.78 is 40.7. The summed E-state index contributed by atoms with van der Waals surface area (Å²) in [5.74, 6) is -2.59. The highest BCUT2D eigenvalue weighted by Crippen LogP contribution is 2.28. The van der Waals surface area contributed by atoms with Crippen molar-refractivity contribution >= 4 is 12.9 Å². The predicted octanol–water partition coefficient (Wildman–Crippen LogP) is 1.12. The molecule has 0 saturated carbocycles. The third kappa shape index (κ3) is 4.77. The molecule has 0 radical (unpaired) electrons. The van der Waals surface area contributed by atoms with Crippen LogP contribution < -0.4 is 5.73 Å². The van der Waals surface area contributed by atoms with Crippen LogP contribution in [-0.4, -0.2) is 26.1 Å². The van der Waals surface area contributed by atoms with Crippen LogP contribution in [0, 0.1) is 0 Å². The summed E-state index contributed by atoms with van der Waals surface area (Å²) in [6, 6.07) is 0. The monoisotopic (exact) mass is 198 g/mol. The average Bonchev–Trinajstić information content (AvgIpc) is 1.98. The van der Waals surface area contributed by atoms with Gasteiger partial charge in [-0.2, -0.15) is 0 Å². The van der Waals surface area contributed by atoms with Gasteiger partial charge >= 0.3 is 12.9 Å². The highest BCUT2D eigenvalue weighted by Gasteiger charge is 2.35. The van der Waals surface area contributed by atoms with Crippen molar-refractivity contribution in [3.63, 3.8) is 0 Å². The van der Waals surface area contributed by atoms with E-state index in [1.165, 1.54) is 6.92 Å². The van der Waals surface area contributed by atoms with Gasteiger partial charge in [-0.25, -0.2) is 0 Å². The maximum atomic E-state index is 12.1. The second kappa shape index (κ2) is 5.11.